The standard InChI is InChI=1S/C46H28O2/c1-3-13-29(14-4-1)31-17-11-18-32(27-31)42-34-19-7-9-21-36(34)43(37-22-10-8-20-35(37)42)38-23-12-24-39-44-40(47-46(38)39)26-25-33-28-41(48-45(33)44)30-15-5-2-6-16-30/h1-28H. The van der Waals surface area contributed by atoms with Gasteiger partial charge in [-0.2, -0.15) is 0 Å². The minimum absolute atomic E-state index is 0.821. The van der Waals surface area contributed by atoms with Crippen LogP contribution in [0.25, 0.3) is 99.2 Å². The highest BCUT2D eigenvalue weighted by Gasteiger charge is 2.22. The lowest BCUT2D eigenvalue weighted by Gasteiger charge is -2.18. The third-order valence-corrected chi connectivity index (χ3v) is 9.66. The van der Waals surface area contributed by atoms with Crippen LogP contribution in [-0.4, -0.2) is 0 Å². The quantitative estimate of drug-likeness (QED) is 0.185. The zero-order chi connectivity index (χ0) is 31.6. The summed E-state index contributed by atoms with van der Waals surface area (Å²) in [5.41, 5.74) is 10.7. The lowest BCUT2D eigenvalue weighted by molar-refractivity contribution is 0.633. The summed E-state index contributed by atoms with van der Waals surface area (Å²) < 4.78 is 13.3. The third kappa shape index (κ3) is 4.06. The van der Waals surface area contributed by atoms with Gasteiger partial charge < -0.3 is 8.83 Å². The first-order valence-corrected chi connectivity index (χ1v) is 16.3. The van der Waals surface area contributed by atoms with E-state index in [0.29, 0.717) is 0 Å². The van der Waals surface area contributed by atoms with E-state index in [1.54, 1.807) is 0 Å². The van der Waals surface area contributed by atoms with Crippen molar-refractivity contribution in [3.63, 3.8) is 0 Å². The summed E-state index contributed by atoms with van der Waals surface area (Å²) in [7, 11) is 0. The highest BCUT2D eigenvalue weighted by molar-refractivity contribution is 6.26. The molecule has 0 aliphatic carbocycles. The molecule has 2 aromatic heterocycles. The second-order valence-electron chi connectivity index (χ2n) is 12.4. The Bertz CT molecular complexity index is 2760. The van der Waals surface area contributed by atoms with Gasteiger partial charge in [0.2, 0.25) is 0 Å². The highest BCUT2D eigenvalue weighted by atomic mass is 16.3. The van der Waals surface area contributed by atoms with Crippen LogP contribution in [0.15, 0.2) is 179 Å². The van der Waals surface area contributed by atoms with Crippen molar-refractivity contribution in [1.82, 2.24) is 0 Å². The predicted octanol–water partition coefficient (Wildman–Crippen LogP) is 13.3. The van der Waals surface area contributed by atoms with Gasteiger partial charge in [-0.3, -0.25) is 0 Å². The van der Waals surface area contributed by atoms with Crippen LogP contribution in [-0.2, 0) is 0 Å². The van der Waals surface area contributed by atoms with Crippen molar-refractivity contribution >= 4 is 54.5 Å². The topological polar surface area (TPSA) is 26.3 Å². The van der Waals surface area contributed by atoms with Crippen LogP contribution in [0.4, 0.5) is 0 Å². The molecule has 0 radical (unpaired) electrons. The van der Waals surface area contributed by atoms with Gasteiger partial charge in [0, 0.05) is 27.5 Å². The molecule has 0 aliphatic heterocycles. The average molecular weight is 613 g/mol. The molecule has 0 N–H and O–H groups in total. The number of hydrogen-bond donors (Lipinski definition) is 0. The summed E-state index contributed by atoms with van der Waals surface area (Å²) in [5.74, 6) is 0.854. The molecule has 0 fully saturated rings. The Morgan fingerprint density at radius 2 is 0.896 bits per heavy atom. The Balaban J connectivity index is 1.25. The molecule has 2 heterocycles. The van der Waals surface area contributed by atoms with Crippen LogP contribution < -0.4 is 0 Å². The number of hydrogen-bond acceptors (Lipinski definition) is 2. The van der Waals surface area contributed by atoms with E-state index in [9.17, 15) is 0 Å². The van der Waals surface area contributed by atoms with Gasteiger partial charge in [-0.1, -0.05) is 146 Å². The number of fused-ring (bicyclic) bond motifs is 7. The van der Waals surface area contributed by atoms with E-state index in [-0.39, 0.29) is 0 Å². The molecule has 0 amide bonds. The molecule has 0 saturated heterocycles. The molecule has 0 aliphatic rings. The van der Waals surface area contributed by atoms with Crippen LogP contribution in [0.2, 0.25) is 0 Å². The Labute approximate surface area is 277 Å². The maximum atomic E-state index is 6.78. The van der Waals surface area contributed by atoms with Crippen molar-refractivity contribution in [3.8, 4) is 44.7 Å². The zero-order valence-electron chi connectivity index (χ0n) is 26.0. The van der Waals surface area contributed by atoms with Crippen molar-refractivity contribution < 1.29 is 8.83 Å². The minimum Gasteiger partial charge on any atom is -0.455 e. The van der Waals surface area contributed by atoms with Gasteiger partial charge in [-0.05, 0) is 68.1 Å². The Morgan fingerprint density at radius 1 is 0.333 bits per heavy atom. The largest absolute Gasteiger partial charge is 0.455 e. The first-order chi connectivity index (χ1) is 23.8. The monoisotopic (exact) mass is 612 g/mol. The Hall–Kier alpha value is -6.38. The first kappa shape index (κ1) is 26.8. The van der Waals surface area contributed by atoms with E-state index in [2.05, 4.69) is 152 Å². The van der Waals surface area contributed by atoms with E-state index in [1.807, 2.05) is 18.2 Å². The molecule has 2 nitrogen and oxygen atoms in total. The van der Waals surface area contributed by atoms with Gasteiger partial charge in [0.15, 0.2) is 0 Å². The maximum Gasteiger partial charge on any atom is 0.146 e. The fourth-order valence-corrected chi connectivity index (χ4v) is 7.53. The molecule has 10 aromatic rings. The molecular formula is C46H28O2. The normalized spacial score (nSPS) is 11.8. The number of furan rings is 2. The fourth-order valence-electron chi connectivity index (χ4n) is 7.53. The summed E-state index contributed by atoms with van der Waals surface area (Å²) in [4.78, 5) is 0. The second-order valence-corrected chi connectivity index (χ2v) is 12.4. The Morgan fingerprint density at radius 3 is 1.60 bits per heavy atom. The average Bonchev–Trinajstić information content (AvgIpc) is 3.77. The van der Waals surface area contributed by atoms with E-state index in [4.69, 9.17) is 8.83 Å². The molecule has 0 spiro atoms. The van der Waals surface area contributed by atoms with E-state index < -0.39 is 0 Å². The molecule has 0 saturated carbocycles. The van der Waals surface area contributed by atoms with Crippen LogP contribution in [0.3, 0.4) is 0 Å². The summed E-state index contributed by atoms with van der Waals surface area (Å²) >= 11 is 0. The lowest BCUT2D eigenvalue weighted by atomic mass is 9.85. The predicted molar refractivity (Wildman–Crippen MR) is 200 cm³/mol. The van der Waals surface area contributed by atoms with Gasteiger partial charge in [0.05, 0.1) is 5.39 Å². The number of rotatable bonds is 4. The molecule has 10 rings (SSSR count). The van der Waals surface area contributed by atoms with E-state index in [0.717, 1.165) is 49.8 Å². The number of benzene rings is 8. The lowest BCUT2D eigenvalue weighted by Crippen LogP contribution is -1.91. The summed E-state index contributed by atoms with van der Waals surface area (Å²) in [6, 6.07) is 60.2. The van der Waals surface area contributed by atoms with Crippen molar-refractivity contribution in [2.45, 2.75) is 0 Å². The van der Waals surface area contributed by atoms with Crippen molar-refractivity contribution in [2.75, 3.05) is 0 Å². The highest BCUT2D eigenvalue weighted by Crippen LogP contribution is 2.47. The summed E-state index contributed by atoms with van der Waals surface area (Å²) in [6.07, 6.45) is 0. The van der Waals surface area contributed by atoms with Crippen LogP contribution >= 0.6 is 0 Å². The van der Waals surface area contributed by atoms with Gasteiger partial charge in [0.25, 0.3) is 0 Å². The van der Waals surface area contributed by atoms with E-state index in [1.165, 1.54) is 49.4 Å². The molecule has 0 unspecified atom stereocenters. The van der Waals surface area contributed by atoms with Crippen LogP contribution in [0, 0.1) is 0 Å². The summed E-state index contributed by atoms with van der Waals surface area (Å²) in [5, 5.41) is 7.94. The van der Waals surface area contributed by atoms with Crippen molar-refractivity contribution in [2.24, 2.45) is 0 Å². The molecule has 8 aromatic carbocycles. The Kier molecular flexibility index (Phi) is 5.91. The smallest absolute Gasteiger partial charge is 0.146 e. The third-order valence-electron chi connectivity index (χ3n) is 9.66. The second kappa shape index (κ2) is 10.6. The van der Waals surface area contributed by atoms with Crippen molar-refractivity contribution in [1.29, 1.82) is 0 Å². The molecule has 224 valence electrons. The van der Waals surface area contributed by atoms with Gasteiger partial charge in [-0.25, -0.2) is 0 Å². The van der Waals surface area contributed by atoms with Crippen LogP contribution in [0.5, 0.6) is 0 Å². The molecular weight excluding hydrogens is 585 g/mol. The maximum absolute atomic E-state index is 6.78. The SMILES string of the molecule is c1ccc(-c2cccc(-c3c4ccccc4c(-c4cccc5c4oc4ccc6cc(-c7ccccc7)oc6c45)c4ccccc34)c2)cc1. The molecule has 2 heteroatoms. The zero-order valence-corrected chi connectivity index (χ0v) is 26.0. The van der Waals surface area contributed by atoms with Gasteiger partial charge >= 0.3 is 0 Å². The molecule has 48 heavy (non-hydrogen) atoms. The molecule has 0 atom stereocenters. The fraction of sp³-hybridized carbons (Fsp3) is 0. The van der Waals surface area contributed by atoms with Gasteiger partial charge in [0.1, 0.15) is 22.5 Å². The van der Waals surface area contributed by atoms with Gasteiger partial charge in [-0.15, -0.1) is 0 Å². The summed E-state index contributed by atoms with van der Waals surface area (Å²) in [6.45, 7) is 0. The minimum atomic E-state index is 0.821. The molecule has 0 bridgehead atoms. The van der Waals surface area contributed by atoms with E-state index >= 15 is 0 Å². The van der Waals surface area contributed by atoms with Crippen LogP contribution in [0.1, 0.15) is 0 Å². The first-order valence-electron chi connectivity index (χ1n) is 16.3. The number of para-hydroxylation sites is 1. The van der Waals surface area contributed by atoms with Crippen molar-refractivity contribution in [3.05, 3.63) is 170 Å².